The zero-order chi connectivity index (χ0) is 22.1. The van der Waals surface area contributed by atoms with Crippen molar-refractivity contribution in [2.45, 2.75) is 13.5 Å². The number of hydrogen-bond acceptors (Lipinski definition) is 6. The number of hydrogen-bond donors (Lipinski definition) is 1. The van der Waals surface area contributed by atoms with Crippen LogP contribution in [0.25, 0.3) is 6.08 Å². The van der Waals surface area contributed by atoms with E-state index in [1.165, 1.54) is 24.3 Å². The van der Waals surface area contributed by atoms with Crippen molar-refractivity contribution >= 4 is 29.0 Å². The topological polar surface area (TPSA) is 69.7 Å². The van der Waals surface area contributed by atoms with E-state index in [0.717, 1.165) is 16.3 Å². The number of nitrogens with zero attached hydrogens (tertiary/aromatic N) is 1. The zero-order valence-electron chi connectivity index (χ0n) is 17.3. The second-order valence-corrected chi connectivity index (χ2v) is 7.59. The van der Waals surface area contributed by atoms with Crippen molar-refractivity contribution < 1.29 is 23.4 Å². The first kappa shape index (κ1) is 22.5. The highest BCUT2D eigenvalue weighted by Crippen LogP contribution is 2.25. The van der Waals surface area contributed by atoms with Gasteiger partial charge in [0.2, 0.25) is 5.91 Å². The fourth-order valence-corrected chi connectivity index (χ4v) is 3.24. The SMILES string of the molecule is COCCOc1ccc(F)cc1NC(=O)/C=C/c1cccc(OCc2csc(C)n2)c1. The molecule has 0 spiro atoms. The van der Waals surface area contributed by atoms with E-state index in [4.69, 9.17) is 14.2 Å². The maximum Gasteiger partial charge on any atom is 0.248 e. The second kappa shape index (κ2) is 11.2. The molecule has 0 saturated heterocycles. The van der Waals surface area contributed by atoms with Gasteiger partial charge in [0.1, 0.15) is 30.5 Å². The van der Waals surface area contributed by atoms with Crippen LogP contribution in [0, 0.1) is 12.7 Å². The van der Waals surface area contributed by atoms with Crippen LogP contribution in [0.4, 0.5) is 10.1 Å². The van der Waals surface area contributed by atoms with Gasteiger partial charge < -0.3 is 19.5 Å². The summed E-state index contributed by atoms with van der Waals surface area (Å²) in [4.78, 5) is 16.7. The normalized spacial score (nSPS) is 10.9. The zero-order valence-corrected chi connectivity index (χ0v) is 18.1. The number of carbonyl (C=O) groups excluding carboxylic acids is 1. The van der Waals surface area contributed by atoms with Crippen LogP contribution >= 0.6 is 11.3 Å². The van der Waals surface area contributed by atoms with Crippen LogP contribution in [0.15, 0.2) is 53.9 Å². The molecule has 1 N–H and O–H groups in total. The molecule has 1 aromatic heterocycles. The number of thiazole rings is 1. The van der Waals surface area contributed by atoms with Gasteiger partial charge >= 0.3 is 0 Å². The lowest BCUT2D eigenvalue weighted by atomic mass is 10.2. The number of methoxy groups -OCH3 is 1. The summed E-state index contributed by atoms with van der Waals surface area (Å²) in [7, 11) is 1.56. The van der Waals surface area contributed by atoms with Crippen molar-refractivity contribution in [1.29, 1.82) is 0 Å². The highest BCUT2D eigenvalue weighted by molar-refractivity contribution is 7.09. The molecule has 1 amide bonds. The summed E-state index contributed by atoms with van der Waals surface area (Å²) in [6.07, 6.45) is 3.02. The first-order chi connectivity index (χ1) is 15.0. The second-order valence-electron chi connectivity index (χ2n) is 6.52. The molecule has 1 heterocycles. The van der Waals surface area contributed by atoms with Crippen molar-refractivity contribution in [3.05, 3.63) is 76.0 Å². The molecular formula is C23H23FN2O4S. The number of amides is 1. The standard InChI is InChI=1S/C23H23FN2O4S/c1-16-25-19(15-31-16)14-30-20-5-3-4-17(12-20)6-9-23(27)26-21-13-18(24)7-8-22(21)29-11-10-28-2/h3-9,12-13,15H,10-11,14H2,1-2H3,(H,26,27)/b9-6+. The maximum absolute atomic E-state index is 13.6. The summed E-state index contributed by atoms with van der Waals surface area (Å²) in [6, 6.07) is 11.3. The number of ether oxygens (including phenoxy) is 3. The van der Waals surface area contributed by atoms with E-state index in [1.54, 1.807) is 24.5 Å². The van der Waals surface area contributed by atoms with E-state index in [0.29, 0.717) is 24.7 Å². The molecule has 0 bridgehead atoms. The minimum absolute atomic E-state index is 0.251. The van der Waals surface area contributed by atoms with Gasteiger partial charge in [-0.3, -0.25) is 4.79 Å². The molecule has 3 aromatic rings. The van der Waals surface area contributed by atoms with Gasteiger partial charge in [-0.2, -0.15) is 0 Å². The van der Waals surface area contributed by atoms with Gasteiger partial charge in [0.15, 0.2) is 0 Å². The van der Waals surface area contributed by atoms with E-state index in [9.17, 15) is 9.18 Å². The minimum atomic E-state index is -0.474. The van der Waals surface area contributed by atoms with Crippen molar-refractivity contribution in [2.75, 3.05) is 25.6 Å². The van der Waals surface area contributed by atoms with Crippen LogP contribution in [0.1, 0.15) is 16.3 Å². The van der Waals surface area contributed by atoms with Gasteiger partial charge in [0.05, 0.1) is 23.0 Å². The third-order valence-electron chi connectivity index (χ3n) is 4.08. The number of aromatic nitrogens is 1. The molecule has 0 unspecified atom stereocenters. The predicted molar refractivity (Wildman–Crippen MR) is 119 cm³/mol. The monoisotopic (exact) mass is 442 g/mol. The maximum atomic E-state index is 13.6. The first-order valence-corrected chi connectivity index (χ1v) is 10.5. The number of aryl methyl sites for hydroxylation is 1. The van der Waals surface area contributed by atoms with Crippen LogP contribution in [-0.4, -0.2) is 31.2 Å². The van der Waals surface area contributed by atoms with E-state index in [-0.39, 0.29) is 12.3 Å². The molecule has 0 aliphatic carbocycles. The Kier molecular flexibility index (Phi) is 8.14. The quantitative estimate of drug-likeness (QED) is 0.359. The smallest absolute Gasteiger partial charge is 0.248 e. The number of carbonyl (C=O) groups is 1. The molecule has 0 atom stereocenters. The summed E-state index contributed by atoms with van der Waals surface area (Å²) in [5.74, 6) is 0.157. The molecule has 6 nitrogen and oxygen atoms in total. The summed E-state index contributed by atoms with van der Waals surface area (Å²) in [5.41, 5.74) is 1.92. The molecule has 31 heavy (non-hydrogen) atoms. The summed E-state index contributed by atoms with van der Waals surface area (Å²) in [5, 5.41) is 5.60. The molecule has 162 valence electrons. The number of rotatable bonds is 10. The van der Waals surface area contributed by atoms with E-state index >= 15 is 0 Å². The lowest BCUT2D eigenvalue weighted by Gasteiger charge is -2.11. The van der Waals surface area contributed by atoms with Gasteiger partial charge in [-0.05, 0) is 42.8 Å². The molecule has 8 heteroatoms. The minimum Gasteiger partial charge on any atom is -0.489 e. The molecule has 0 aliphatic heterocycles. The van der Waals surface area contributed by atoms with Crippen molar-refractivity contribution in [1.82, 2.24) is 4.98 Å². The summed E-state index contributed by atoms with van der Waals surface area (Å²) >= 11 is 1.58. The Morgan fingerprint density at radius 1 is 1.19 bits per heavy atom. The Morgan fingerprint density at radius 3 is 2.84 bits per heavy atom. The van der Waals surface area contributed by atoms with E-state index in [1.807, 2.05) is 36.6 Å². The van der Waals surface area contributed by atoms with Gasteiger partial charge in [-0.1, -0.05) is 12.1 Å². The Morgan fingerprint density at radius 2 is 2.06 bits per heavy atom. The first-order valence-electron chi connectivity index (χ1n) is 9.57. The highest BCUT2D eigenvalue weighted by atomic mass is 32.1. The van der Waals surface area contributed by atoms with Gasteiger partial charge in [0.25, 0.3) is 0 Å². The number of halogens is 1. The molecule has 2 aromatic carbocycles. The van der Waals surface area contributed by atoms with Crippen molar-refractivity contribution in [3.63, 3.8) is 0 Å². The molecule has 0 aliphatic rings. The van der Waals surface area contributed by atoms with Crippen LogP contribution in [0.2, 0.25) is 0 Å². The largest absolute Gasteiger partial charge is 0.489 e. The average Bonchev–Trinajstić information content (AvgIpc) is 3.18. The van der Waals surface area contributed by atoms with Crippen molar-refractivity contribution in [2.24, 2.45) is 0 Å². The third-order valence-corrected chi connectivity index (χ3v) is 4.91. The Bertz CT molecular complexity index is 1050. The van der Waals surface area contributed by atoms with Crippen LogP contribution in [0.3, 0.4) is 0 Å². The van der Waals surface area contributed by atoms with Crippen LogP contribution in [0.5, 0.6) is 11.5 Å². The summed E-state index contributed by atoms with van der Waals surface area (Å²) < 4.78 is 29.8. The number of anilines is 1. The Labute approximate surface area is 184 Å². The average molecular weight is 443 g/mol. The van der Waals surface area contributed by atoms with Crippen molar-refractivity contribution in [3.8, 4) is 11.5 Å². The lowest BCUT2D eigenvalue weighted by Crippen LogP contribution is -2.11. The van der Waals surface area contributed by atoms with Crippen LogP contribution < -0.4 is 14.8 Å². The molecular weight excluding hydrogens is 419 g/mol. The highest BCUT2D eigenvalue weighted by Gasteiger charge is 2.08. The fraction of sp³-hybridized carbons (Fsp3) is 0.217. The van der Waals surface area contributed by atoms with E-state index < -0.39 is 11.7 Å². The Balaban J connectivity index is 1.60. The van der Waals surface area contributed by atoms with Gasteiger partial charge in [0, 0.05) is 24.6 Å². The lowest BCUT2D eigenvalue weighted by molar-refractivity contribution is -0.111. The summed E-state index contributed by atoms with van der Waals surface area (Å²) in [6.45, 7) is 2.99. The molecule has 0 fully saturated rings. The predicted octanol–water partition coefficient (Wildman–Crippen LogP) is 4.85. The Hall–Kier alpha value is -3.23. The van der Waals surface area contributed by atoms with E-state index in [2.05, 4.69) is 10.3 Å². The molecule has 3 rings (SSSR count). The van der Waals surface area contributed by atoms with Crippen LogP contribution in [-0.2, 0) is 16.1 Å². The number of benzene rings is 2. The third kappa shape index (κ3) is 7.20. The fourth-order valence-electron chi connectivity index (χ4n) is 2.65. The van der Waals surface area contributed by atoms with Gasteiger partial charge in [-0.25, -0.2) is 9.37 Å². The molecule has 0 saturated carbocycles. The number of nitrogens with one attached hydrogen (secondary N) is 1. The van der Waals surface area contributed by atoms with Gasteiger partial charge in [-0.15, -0.1) is 11.3 Å². The molecule has 0 radical (unpaired) electrons.